The normalized spacial score (nSPS) is 12.2. The Morgan fingerprint density at radius 1 is 1.14 bits per heavy atom. The van der Waals surface area contributed by atoms with E-state index in [-0.39, 0.29) is 24.1 Å². The highest BCUT2D eigenvalue weighted by atomic mass is 35.5. The number of hydrogen-bond acceptors (Lipinski definition) is 5. The molecule has 0 aliphatic heterocycles. The van der Waals surface area contributed by atoms with Crippen molar-refractivity contribution in [2.75, 3.05) is 30.8 Å². The van der Waals surface area contributed by atoms with Crippen molar-refractivity contribution >= 4 is 39.1 Å². The predicted molar refractivity (Wildman–Crippen MR) is 144 cm³/mol. The molecule has 0 fully saturated rings. The number of sulfonamides is 1. The molecule has 2 rings (SSSR count). The fourth-order valence-corrected chi connectivity index (χ4v) is 4.78. The fraction of sp³-hybridized carbons (Fsp3) is 0.462. The van der Waals surface area contributed by atoms with E-state index in [4.69, 9.17) is 16.3 Å². The lowest BCUT2D eigenvalue weighted by Gasteiger charge is -2.33. The summed E-state index contributed by atoms with van der Waals surface area (Å²) in [6, 6.07) is 11.3. The number of nitrogens with one attached hydrogen (secondary N) is 1. The summed E-state index contributed by atoms with van der Waals surface area (Å²) in [5.74, 6) is -0.284. The maximum Gasteiger partial charge on any atom is 0.244 e. The average molecular weight is 538 g/mol. The topological polar surface area (TPSA) is 96.0 Å². The molecule has 0 aliphatic rings. The van der Waals surface area contributed by atoms with Gasteiger partial charge in [0.15, 0.2) is 0 Å². The maximum absolute atomic E-state index is 13.8. The number of halogens is 1. The zero-order chi connectivity index (χ0) is 27.0. The van der Waals surface area contributed by atoms with E-state index in [9.17, 15) is 18.0 Å². The molecule has 0 saturated heterocycles. The minimum Gasteiger partial charge on any atom is -0.495 e. The smallest absolute Gasteiger partial charge is 0.244 e. The Morgan fingerprint density at radius 3 is 2.36 bits per heavy atom. The molecule has 2 aromatic rings. The van der Waals surface area contributed by atoms with Crippen molar-refractivity contribution in [1.82, 2.24) is 10.2 Å². The van der Waals surface area contributed by atoms with E-state index in [0.717, 1.165) is 16.1 Å². The van der Waals surface area contributed by atoms with Gasteiger partial charge in [-0.2, -0.15) is 0 Å². The standard InChI is InChI=1S/C26H36ClN3O5S/c1-7-22(26(32)28-15-18(2)3)29(16-20-10-8-9-11-21(20)27)25(31)17-30(36(6,33)34)23-14-19(4)12-13-24(23)35-5/h8-14,18,22H,7,15-17H2,1-6H3,(H,28,32)/t22-/m0/s1. The fourth-order valence-electron chi connectivity index (χ4n) is 3.74. The number of anilines is 1. The minimum absolute atomic E-state index is 0.0503. The van der Waals surface area contributed by atoms with Crippen LogP contribution in [0.4, 0.5) is 5.69 Å². The Labute approximate surface area is 219 Å². The van der Waals surface area contributed by atoms with Gasteiger partial charge in [-0.1, -0.05) is 56.6 Å². The SMILES string of the molecule is CC[C@@H](C(=O)NCC(C)C)N(Cc1ccccc1Cl)C(=O)CN(c1cc(C)ccc1OC)S(C)(=O)=O. The van der Waals surface area contributed by atoms with Crippen LogP contribution in [0.25, 0.3) is 0 Å². The van der Waals surface area contributed by atoms with Gasteiger partial charge in [0.1, 0.15) is 18.3 Å². The van der Waals surface area contributed by atoms with Crippen LogP contribution in [-0.2, 0) is 26.2 Å². The first-order valence-electron chi connectivity index (χ1n) is 11.8. The molecule has 36 heavy (non-hydrogen) atoms. The van der Waals surface area contributed by atoms with Crippen molar-refractivity contribution in [1.29, 1.82) is 0 Å². The molecular formula is C26H36ClN3O5S. The Balaban J connectivity index is 2.51. The molecule has 1 atom stereocenters. The highest BCUT2D eigenvalue weighted by Gasteiger charge is 2.33. The van der Waals surface area contributed by atoms with Gasteiger partial charge in [0.05, 0.1) is 19.1 Å². The number of rotatable bonds is 12. The lowest BCUT2D eigenvalue weighted by Crippen LogP contribution is -2.52. The molecule has 0 radical (unpaired) electrons. The molecular weight excluding hydrogens is 502 g/mol. The second kappa shape index (κ2) is 13.0. The van der Waals surface area contributed by atoms with Gasteiger partial charge in [0.25, 0.3) is 0 Å². The molecule has 8 nitrogen and oxygen atoms in total. The number of ether oxygens (including phenoxy) is 1. The number of methoxy groups -OCH3 is 1. The molecule has 1 N–H and O–H groups in total. The highest BCUT2D eigenvalue weighted by molar-refractivity contribution is 7.92. The first-order valence-corrected chi connectivity index (χ1v) is 14.0. The van der Waals surface area contributed by atoms with E-state index in [1.807, 2.05) is 27.7 Å². The molecule has 0 heterocycles. The zero-order valence-electron chi connectivity index (χ0n) is 21.7. The Kier molecular flexibility index (Phi) is 10.6. The zero-order valence-corrected chi connectivity index (χ0v) is 23.3. The lowest BCUT2D eigenvalue weighted by atomic mass is 10.1. The number of benzene rings is 2. The van der Waals surface area contributed by atoms with Crippen LogP contribution in [-0.4, -0.2) is 57.6 Å². The summed E-state index contributed by atoms with van der Waals surface area (Å²) in [6.45, 7) is 7.59. The molecule has 198 valence electrons. The number of hydrogen-bond donors (Lipinski definition) is 1. The van der Waals surface area contributed by atoms with Crippen LogP contribution < -0.4 is 14.4 Å². The second-order valence-electron chi connectivity index (χ2n) is 9.12. The third-order valence-corrected chi connectivity index (χ3v) is 7.15. The Morgan fingerprint density at radius 2 is 1.81 bits per heavy atom. The van der Waals surface area contributed by atoms with E-state index in [2.05, 4.69) is 5.32 Å². The van der Waals surface area contributed by atoms with Crippen LogP contribution in [0.3, 0.4) is 0 Å². The summed E-state index contributed by atoms with van der Waals surface area (Å²) in [5.41, 5.74) is 1.71. The van der Waals surface area contributed by atoms with Crippen LogP contribution >= 0.6 is 11.6 Å². The number of nitrogens with zero attached hydrogens (tertiary/aromatic N) is 2. The van der Waals surface area contributed by atoms with Crippen LogP contribution in [0.15, 0.2) is 42.5 Å². The minimum atomic E-state index is -3.87. The van der Waals surface area contributed by atoms with Crippen LogP contribution in [0.2, 0.25) is 5.02 Å². The highest BCUT2D eigenvalue weighted by Crippen LogP contribution is 2.31. The largest absolute Gasteiger partial charge is 0.495 e. The van der Waals surface area contributed by atoms with Gasteiger partial charge >= 0.3 is 0 Å². The molecule has 0 unspecified atom stereocenters. The van der Waals surface area contributed by atoms with Crippen LogP contribution in [0.5, 0.6) is 5.75 Å². The van der Waals surface area contributed by atoms with Crippen molar-refractivity contribution in [3.63, 3.8) is 0 Å². The molecule has 0 saturated carbocycles. The Hall–Kier alpha value is -2.78. The van der Waals surface area contributed by atoms with E-state index in [1.54, 1.807) is 42.5 Å². The van der Waals surface area contributed by atoms with E-state index in [0.29, 0.717) is 29.3 Å². The monoisotopic (exact) mass is 537 g/mol. The van der Waals surface area contributed by atoms with E-state index >= 15 is 0 Å². The van der Waals surface area contributed by atoms with Crippen molar-refractivity contribution in [3.8, 4) is 5.75 Å². The third kappa shape index (κ3) is 7.86. The average Bonchev–Trinajstić information content (AvgIpc) is 2.81. The van der Waals surface area contributed by atoms with Crippen molar-refractivity contribution in [2.24, 2.45) is 5.92 Å². The first kappa shape index (κ1) is 29.5. The second-order valence-corrected chi connectivity index (χ2v) is 11.4. The third-order valence-electron chi connectivity index (χ3n) is 5.65. The first-order chi connectivity index (χ1) is 16.9. The lowest BCUT2D eigenvalue weighted by molar-refractivity contribution is -0.140. The van der Waals surface area contributed by atoms with Gasteiger partial charge in [-0.25, -0.2) is 8.42 Å². The van der Waals surface area contributed by atoms with Gasteiger partial charge in [-0.05, 0) is 48.6 Å². The van der Waals surface area contributed by atoms with Gasteiger partial charge in [-0.15, -0.1) is 0 Å². The number of carbonyl (C=O) groups is 2. The quantitative estimate of drug-likeness (QED) is 0.441. The molecule has 2 aromatic carbocycles. The predicted octanol–water partition coefficient (Wildman–Crippen LogP) is 4.00. The van der Waals surface area contributed by atoms with Crippen LogP contribution in [0.1, 0.15) is 38.3 Å². The summed E-state index contributed by atoms with van der Waals surface area (Å²) in [5, 5.41) is 3.34. The summed E-state index contributed by atoms with van der Waals surface area (Å²) in [4.78, 5) is 28.3. The van der Waals surface area contributed by atoms with Gasteiger partial charge in [0.2, 0.25) is 21.8 Å². The van der Waals surface area contributed by atoms with E-state index < -0.39 is 28.5 Å². The van der Waals surface area contributed by atoms with Crippen molar-refractivity contribution < 1.29 is 22.7 Å². The Bertz CT molecular complexity index is 1170. The number of aryl methyl sites for hydroxylation is 1. The van der Waals surface area contributed by atoms with Crippen LogP contribution in [0, 0.1) is 12.8 Å². The summed E-state index contributed by atoms with van der Waals surface area (Å²) < 4.78 is 32.1. The van der Waals surface area contributed by atoms with Gasteiger partial charge in [0, 0.05) is 18.1 Å². The molecule has 0 bridgehead atoms. The van der Waals surface area contributed by atoms with Crippen molar-refractivity contribution in [2.45, 2.75) is 46.7 Å². The van der Waals surface area contributed by atoms with Crippen molar-refractivity contribution in [3.05, 3.63) is 58.6 Å². The number of amides is 2. The molecule has 10 heteroatoms. The molecule has 0 aliphatic carbocycles. The van der Waals surface area contributed by atoms with Gasteiger partial charge < -0.3 is 15.0 Å². The molecule has 2 amide bonds. The summed E-state index contributed by atoms with van der Waals surface area (Å²) in [7, 11) is -2.44. The summed E-state index contributed by atoms with van der Waals surface area (Å²) >= 11 is 6.37. The maximum atomic E-state index is 13.8. The van der Waals surface area contributed by atoms with Gasteiger partial charge in [-0.3, -0.25) is 13.9 Å². The van der Waals surface area contributed by atoms with E-state index in [1.165, 1.54) is 12.0 Å². The molecule has 0 aromatic heterocycles. The summed E-state index contributed by atoms with van der Waals surface area (Å²) in [6.07, 6.45) is 1.37. The number of carbonyl (C=O) groups excluding carboxylic acids is 2. The molecule has 0 spiro atoms.